The maximum absolute atomic E-state index is 12.9. The normalized spacial score (nSPS) is 32.9. The van der Waals surface area contributed by atoms with Gasteiger partial charge in [-0.25, -0.2) is 14.8 Å². The molecular formula is C28H42N6O4. The first-order chi connectivity index (χ1) is 18.0. The maximum atomic E-state index is 12.9. The second-order valence-electron chi connectivity index (χ2n) is 13.0. The van der Waals surface area contributed by atoms with E-state index >= 15 is 0 Å². The van der Waals surface area contributed by atoms with E-state index in [1.54, 1.807) is 6.33 Å². The molecule has 1 saturated carbocycles. The van der Waals surface area contributed by atoms with E-state index in [0.29, 0.717) is 5.92 Å². The minimum Gasteiger partial charge on any atom is -0.444 e. The number of anilines is 1. The number of hydrogen-bond acceptors (Lipinski definition) is 8. The zero-order valence-electron chi connectivity index (χ0n) is 23.6. The Morgan fingerprint density at radius 1 is 1.18 bits per heavy atom. The summed E-state index contributed by atoms with van der Waals surface area (Å²) in [7, 11) is 1.88. The SMILES string of the molecule is CNc1ncnc2c1ccn2[C@@H]1C[C@H](CN2CCC23CCCN(C(=O)OC(C)(C)C)C3)[C@H]2OC(C)(C)O[C@H]21. The van der Waals surface area contributed by atoms with Crippen LogP contribution in [0.5, 0.6) is 0 Å². The summed E-state index contributed by atoms with van der Waals surface area (Å²) in [6.45, 7) is 13.3. The van der Waals surface area contributed by atoms with Crippen molar-refractivity contribution >= 4 is 22.9 Å². The molecule has 1 N–H and O–H groups in total. The van der Waals surface area contributed by atoms with Crippen molar-refractivity contribution in [2.75, 3.05) is 38.5 Å². The Labute approximate surface area is 225 Å². The molecule has 2 aromatic rings. The lowest BCUT2D eigenvalue weighted by molar-refractivity contribution is -0.164. The molecule has 5 heterocycles. The number of carbonyl (C=O) groups excluding carboxylic acids is 1. The van der Waals surface area contributed by atoms with Crippen LogP contribution in [0.3, 0.4) is 0 Å². The molecule has 10 heteroatoms. The van der Waals surface area contributed by atoms with E-state index < -0.39 is 11.4 Å². The molecule has 2 aromatic heterocycles. The average molecular weight is 527 g/mol. The van der Waals surface area contributed by atoms with E-state index in [-0.39, 0.29) is 29.9 Å². The van der Waals surface area contributed by atoms with Crippen LogP contribution >= 0.6 is 0 Å². The third kappa shape index (κ3) is 4.44. The first-order valence-electron chi connectivity index (χ1n) is 14.1. The quantitative estimate of drug-likeness (QED) is 0.638. The molecule has 208 valence electrons. The van der Waals surface area contributed by atoms with Crippen LogP contribution in [0.1, 0.15) is 66.3 Å². The summed E-state index contributed by atoms with van der Waals surface area (Å²) in [5.74, 6) is 0.535. The maximum Gasteiger partial charge on any atom is 0.410 e. The van der Waals surface area contributed by atoms with Gasteiger partial charge in [0.1, 0.15) is 29.5 Å². The number of ether oxygens (including phenoxy) is 3. The second-order valence-corrected chi connectivity index (χ2v) is 13.0. The highest BCUT2D eigenvalue weighted by Crippen LogP contribution is 2.50. The number of carbonyl (C=O) groups is 1. The minimum absolute atomic E-state index is 0.0151. The molecule has 3 saturated heterocycles. The number of rotatable bonds is 4. The highest BCUT2D eigenvalue weighted by Gasteiger charge is 2.57. The average Bonchev–Trinajstić information content (AvgIpc) is 3.51. The fourth-order valence-electron chi connectivity index (χ4n) is 7.16. The summed E-state index contributed by atoms with van der Waals surface area (Å²) in [4.78, 5) is 26.4. The van der Waals surface area contributed by atoms with Crippen molar-refractivity contribution in [1.82, 2.24) is 24.3 Å². The van der Waals surface area contributed by atoms with Gasteiger partial charge in [0.15, 0.2) is 5.79 Å². The zero-order chi connectivity index (χ0) is 26.9. The van der Waals surface area contributed by atoms with Gasteiger partial charge in [0.25, 0.3) is 0 Å². The van der Waals surface area contributed by atoms with Crippen LogP contribution in [0, 0.1) is 5.92 Å². The Bertz CT molecular complexity index is 1210. The highest BCUT2D eigenvalue weighted by molar-refractivity contribution is 5.87. The predicted octanol–water partition coefficient (Wildman–Crippen LogP) is 4.03. The minimum atomic E-state index is -0.620. The Morgan fingerprint density at radius 2 is 1.97 bits per heavy atom. The molecule has 0 aromatic carbocycles. The third-order valence-corrected chi connectivity index (χ3v) is 8.83. The van der Waals surface area contributed by atoms with Crippen molar-refractivity contribution in [3.8, 4) is 0 Å². The van der Waals surface area contributed by atoms with Crippen molar-refractivity contribution in [3.05, 3.63) is 18.6 Å². The number of hydrogen-bond donors (Lipinski definition) is 1. The van der Waals surface area contributed by atoms with Crippen molar-refractivity contribution in [1.29, 1.82) is 0 Å². The van der Waals surface area contributed by atoms with Crippen molar-refractivity contribution in [2.45, 2.75) is 95.5 Å². The van der Waals surface area contributed by atoms with Crippen LogP contribution in [0.25, 0.3) is 11.0 Å². The molecule has 1 amide bonds. The number of amides is 1. The molecule has 0 bridgehead atoms. The molecule has 5 atom stereocenters. The highest BCUT2D eigenvalue weighted by atomic mass is 16.8. The van der Waals surface area contributed by atoms with Crippen molar-refractivity contribution < 1.29 is 19.0 Å². The monoisotopic (exact) mass is 526 g/mol. The van der Waals surface area contributed by atoms with Gasteiger partial charge in [-0.15, -0.1) is 0 Å². The Hall–Kier alpha value is -2.43. The number of nitrogens with one attached hydrogen (secondary N) is 1. The van der Waals surface area contributed by atoms with Gasteiger partial charge in [-0.3, -0.25) is 4.90 Å². The number of aromatic nitrogens is 3. The Kier molecular flexibility index (Phi) is 6.16. The molecule has 3 aliphatic heterocycles. The van der Waals surface area contributed by atoms with Gasteiger partial charge in [0.05, 0.1) is 17.5 Å². The van der Waals surface area contributed by atoms with E-state index in [0.717, 1.165) is 68.7 Å². The topological polar surface area (TPSA) is 94.0 Å². The van der Waals surface area contributed by atoms with Crippen LogP contribution in [0.4, 0.5) is 10.6 Å². The lowest BCUT2D eigenvalue weighted by Gasteiger charge is -2.57. The molecule has 10 nitrogen and oxygen atoms in total. The number of nitrogens with zero attached hydrogens (tertiary/aromatic N) is 5. The predicted molar refractivity (Wildman–Crippen MR) is 144 cm³/mol. The van der Waals surface area contributed by atoms with E-state index in [1.807, 2.05) is 46.6 Å². The Morgan fingerprint density at radius 3 is 2.68 bits per heavy atom. The standard InChI is InChI=1S/C28H42N6O4/c1-26(2,3)38-25(35)32-11-7-9-28(16-32)10-13-33(28)15-18-14-20(22-21(18)36-27(4,5)37-22)34-12-8-19-23(29-6)30-17-31-24(19)34/h8,12,17-18,20-22H,7,9-11,13-16H2,1-6H3,(H,29,30,31)/t18-,20-,21-,22+,28?/m1/s1. The van der Waals surface area contributed by atoms with Gasteiger partial charge in [-0.2, -0.15) is 0 Å². The fourth-order valence-corrected chi connectivity index (χ4v) is 7.16. The first kappa shape index (κ1) is 25.8. The molecule has 4 aliphatic rings. The van der Waals surface area contributed by atoms with Crippen LogP contribution in [0.2, 0.25) is 0 Å². The summed E-state index contributed by atoms with van der Waals surface area (Å²) in [6.07, 6.45) is 7.71. The molecule has 38 heavy (non-hydrogen) atoms. The van der Waals surface area contributed by atoms with Crippen LogP contribution in [0.15, 0.2) is 18.6 Å². The molecule has 1 unspecified atom stereocenters. The molecule has 6 rings (SSSR count). The van der Waals surface area contributed by atoms with Gasteiger partial charge in [0.2, 0.25) is 0 Å². The lowest BCUT2D eigenvalue weighted by atomic mass is 9.77. The summed E-state index contributed by atoms with van der Waals surface area (Å²) < 4.78 is 21.0. The van der Waals surface area contributed by atoms with E-state index in [1.165, 1.54) is 0 Å². The summed E-state index contributed by atoms with van der Waals surface area (Å²) in [5, 5.41) is 4.19. The molecule has 4 fully saturated rings. The fraction of sp³-hybridized carbons (Fsp3) is 0.750. The molecular weight excluding hydrogens is 484 g/mol. The third-order valence-electron chi connectivity index (χ3n) is 8.83. The number of likely N-dealkylation sites (tertiary alicyclic amines) is 2. The number of fused-ring (bicyclic) bond motifs is 2. The van der Waals surface area contributed by atoms with Crippen molar-refractivity contribution in [3.63, 3.8) is 0 Å². The van der Waals surface area contributed by atoms with Gasteiger partial charge in [0, 0.05) is 50.9 Å². The van der Waals surface area contributed by atoms with Gasteiger partial charge < -0.3 is 29.0 Å². The first-order valence-corrected chi connectivity index (χ1v) is 14.1. The van der Waals surface area contributed by atoms with E-state index in [2.05, 4.69) is 37.0 Å². The molecule has 0 radical (unpaired) electrons. The largest absolute Gasteiger partial charge is 0.444 e. The van der Waals surface area contributed by atoms with E-state index in [9.17, 15) is 4.79 Å². The molecule has 1 aliphatic carbocycles. The van der Waals surface area contributed by atoms with E-state index in [4.69, 9.17) is 14.2 Å². The van der Waals surface area contributed by atoms with Crippen molar-refractivity contribution in [2.24, 2.45) is 5.92 Å². The second kappa shape index (κ2) is 9.06. The van der Waals surface area contributed by atoms with Crippen LogP contribution in [-0.2, 0) is 14.2 Å². The Balaban J connectivity index is 1.22. The smallest absolute Gasteiger partial charge is 0.410 e. The van der Waals surface area contributed by atoms with Gasteiger partial charge in [-0.1, -0.05) is 0 Å². The van der Waals surface area contributed by atoms with Crippen LogP contribution < -0.4 is 5.32 Å². The summed E-state index contributed by atoms with van der Waals surface area (Å²) in [5.41, 5.74) is 0.471. The zero-order valence-corrected chi connectivity index (χ0v) is 23.6. The summed E-state index contributed by atoms with van der Waals surface area (Å²) >= 11 is 0. The van der Waals surface area contributed by atoms with Gasteiger partial charge in [-0.05, 0) is 66.4 Å². The van der Waals surface area contributed by atoms with Gasteiger partial charge >= 0.3 is 6.09 Å². The summed E-state index contributed by atoms with van der Waals surface area (Å²) in [6, 6.07) is 2.22. The van der Waals surface area contributed by atoms with Crippen LogP contribution in [-0.4, -0.2) is 92.8 Å². The number of piperidine rings is 1. The lowest BCUT2D eigenvalue weighted by Crippen LogP contribution is -2.68. The molecule has 1 spiro atoms.